The Morgan fingerprint density at radius 2 is 2.05 bits per heavy atom. The molecule has 7 heteroatoms. The quantitative estimate of drug-likeness (QED) is 0.774. The first-order chi connectivity index (χ1) is 8.51. The van der Waals surface area contributed by atoms with Gasteiger partial charge in [0, 0.05) is 6.54 Å². The van der Waals surface area contributed by atoms with E-state index in [-0.39, 0.29) is 17.3 Å². The molecular formula is C12H18ClN3O2S. The van der Waals surface area contributed by atoms with Gasteiger partial charge in [0.15, 0.2) is 0 Å². The highest BCUT2D eigenvalue weighted by Crippen LogP contribution is 2.16. The largest absolute Gasteiger partial charge is 0.330 e. The van der Waals surface area contributed by atoms with Crippen LogP contribution >= 0.6 is 12.4 Å². The summed E-state index contributed by atoms with van der Waals surface area (Å²) in [7, 11) is -3.50. The Balaban J connectivity index is 0.00000324. The molecule has 1 rings (SSSR count). The van der Waals surface area contributed by atoms with Gasteiger partial charge in [0.1, 0.15) is 0 Å². The number of nitrogens with one attached hydrogen (secondary N) is 1. The van der Waals surface area contributed by atoms with Crippen LogP contribution in [0.25, 0.3) is 0 Å². The van der Waals surface area contributed by atoms with Crippen LogP contribution in [0.2, 0.25) is 0 Å². The number of sulfonamides is 1. The van der Waals surface area contributed by atoms with Crippen molar-refractivity contribution in [1.29, 1.82) is 5.26 Å². The molecule has 0 spiro atoms. The molecule has 0 aliphatic heterocycles. The molecule has 0 saturated carbocycles. The van der Waals surface area contributed by atoms with Crippen molar-refractivity contribution in [2.75, 3.05) is 13.1 Å². The van der Waals surface area contributed by atoms with Crippen LogP contribution in [0, 0.1) is 18.3 Å². The Morgan fingerprint density at radius 3 is 2.58 bits per heavy atom. The zero-order chi connectivity index (χ0) is 13.6. The van der Waals surface area contributed by atoms with Gasteiger partial charge in [-0.2, -0.15) is 5.26 Å². The summed E-state index contributed by atoms with van der Waals surface area (Å²) in [6.07, 6.45) is 1.50. The number of unbranched alkanes of at least 4 members (excludes halogenated alkanes) is 1. The van der Waals surface area contributed by atoms with Gasteiger partial charge in [-0.15, -0.1) is 12.4 Å². The van der Waals surface area contributed by atoms with Gasteiger partial charge >= 0.3 is 0 Å². The minimum atomic E-state index is -3.50. The molecule has 0 heterocycles. The summed E-state index contributed by atoms with van der Waals surface area (Å²) >= 11 is 0. The van der Waals surface area contributed by atoms with E-state index in [0.29, 0.717) is 30.6 Å². The third kappa shape index (κ3) is 5.17. The van der Waals surface area contributed by atoms with E-state index in [1.807, 2.05) is 6.07 Å². The summed E-state index contributed by atoms with van der Waals surface area (Å²) in [5, 5.41) is 8.73. The van der Waals surface area contributed by atoms with Crippen molar-refractivity contribution in [2.24, 2.45) is 5.73 Å². The Hall–Kier alpha value is -1.13. The monoisotopic (exact) mass is 303 g/mol. The second-order valence-electron chi connectivity index (χ2n) is 3.99. The van der Waals surface area contributed by atoms with Crippen LogP contribution < -0.4 is 10.5 Å². The Bertz CT molecular complexity index is 553. The molecule has 0 atom stereocenters. The predicted octanol–water partition coefficient (Wildman–Crippen LogP) is 1.31. The second-order valence-corrected chi connectivity index (χ2v) is 5.72. The third-order valence-corrected chi connectivity index (χ3v) is 4.14. The minimum absolute atomic E-state index is 0. The lowest BCUT2D eigenvalue weighted by Crippen LogP contribution is -2.25. The SMILES string of the molecule is Cc1cc(C#N)ccc1S(=O)(=O)NCCCCN.Cl. The minimum Gasteiger partial charge on any atom is -0.330 e. The molecule has 1 aromatic rings. The highest BCUT2D eigenvalue weighted by Gasteiger charge is 2.16. The molecule has 0 saturated heterocycles. The fraction of sp³-hybridized carbons (Fsp3) is 0.417. The number of nitriles is 1. The van der Waals surface area contributed by atoms with Gasteiger partial charge in [0.2, 0.25) is 10.0 Å². The maximum Gasteiger partial charge on any atom is 0.240 e. The highest BCUT2D eigenvalue weighted by molar-refractivity contribution is 7.89. The van der Waals surface area contributed by atoms with E-state index in [1.165, 1.54) is 12.1 Å². The van der Waals surface area contributed by atoms with Crippen LogP contribution in [-0.2, 0) is 10.0 Å². The summed E-state index contributed by atoms with van der Waals surface area (Å²) in [6.45, 7) is 2.60. The van der Waals surface area contributed by atoms with Crippen LogP contribution in [0.1, 0.15) is 24.0 Å². The standard InChI is InChI=1S/C12H17N3O2S.ClH/c1-10-8-11(9-14)4-5-12(10)18(16,17)15-7-3-2-6-13;/h4-5,8,15H,2-3,6-7,13H2,1H3;1H. The molecule has 1 aromatic carbocycles. The van der Waals surface area contributed by atoms with E-state index in [9.17, 15) is 8.42 Å². The van der Waals surface area contributed by atoms with Crippen molar-refractivity contribution < 1.29 is 8.42 Å². The molecule has 0 aromatic heterocycles. The van der Waals surface area contributed by atoms with Gasteiger partial charge in [-0.1, -0.05) is 0 Å². The molecule has 19 heavy (non-hydrogen) atoms. The van der Waals surface area contributed by atoms with E-state index < -0.39 is 10.0 Å². The average molecular weight is 304 g/mol. The summed E-state index contributed by atoms with van der Waals surface area (Å²) in [5.74, 6) is 0. The molecule has 106 valence electrons. The Kier molecular flexibility index (Phi) is 7.64. The van der Waals surface area contributed by atoms with Crippen molar-refractivity contribution in [1.82, 2.24) is 4.72 Å². The number of aryl methyl sites for hydroxylation is 1. The number of halogens is 1. The first-order valence-corrected chi connectivity index (χ1v) is 7.20. The second kappa shape index (κ2) is 8.12. The number of benzene rings is 1. The molecule has 0 fully saturated rings. The summed E-state index contributed by atoms with van der Waals surface area (Å²) in [4.78, 5) is 0.217. The van der Waals surface area contributed by atoms with Crippen molar-refractivity contribution >= 4 is 22.4 Å². The van der Waals surface area contributed by atoms with Crippen molar-refractivity contribution in [2.45, 2.75) is 24.7 Å². The number of hydrogen-bond acceptors (Lipinski definition) is 4. The average Bonchev–Trinajstić information content (AvgIpc) is 2.34. The van der Waals surface area contributed by atoms with Gasteiger partial charge in [0.05, 0.1) is 16.5 Å². The maximum atomic E-state index is 12.0. The van der Waals surface area contributed by atoms with Gasteiger partial charge in [0.25, 0.3) is 0 Å². The Labute approximate surface area is 120 Å². The fourth-order valence-electron chi connectivity index (χ4n) is 1.57. The molecule has 5 nitrogen and oxygen atoms in total. The number of rotatable bonds is 6. The van der Waals surface area contributed by atoms with Gasteiger partial charge in [-0.05, 0) is 50.1 Å². The van der Waals surface area contributed by atoms with Crippen molar-refractivity contribution in [3.63, 3.8) is 0 Å². The lowest BCUT2D eigenvalue weighted by molar-refractivity contribution is 0.576. The first-order valence-electron chi connectivity index (χ1n) is 5.72. The van der Waals surface area contributed by atoms with Crippen LogP contribution in [0.3, 0.4) is 0 Å². The van der Waals surface area contributed by atoms with E-state index >= 15 is 0 Å². The van der Waals surface area contributed by atoms with E-state index in [1.54, 1.807) is 13.0 Å². The summed E-state index contributed by atoms with van der Waals surface area (Å²) in [5.41, 5.74) is 6.36. The molecule has 0 unspecified atom stereocenters. The van der Waals surface area contributed by atoms with E-state index in [2.05, 4.69) is 4.72 Å². The normalized spacial score (nSPS) is 10.6. The molecule has 0 radical (unpaired) electrons. The lowest BCUT2D eigenvalue weighted by atomic mass is 10.2. The number of nitrogens with two attached hydrogens (primary N) is 1. The molecular weight excluding hydrogens is 286 g/mol. The van der Waals surface area contributed by atoms with Crippen LogP contribution in [0.15, 0.2) is 23.1 Å². The summed E-state index contributed by atoms with van der Waals surface area (Å²) in [6, 6.07) is 6.50. The number of hydrogen-bond donors (Lipinski definition) is 2. The van der Waals surface area contributed by atoms with Gasteiger partial charge < -0.3 is 5.73 Å². The Morgan fingerprint density at radius 1 is 1.37 bits per heavy atom. The van der Waals surface area contributed by atoms with Crippen LogP contribution in [0.4, 0.5) is 0 Å². The van der Waals surface area contributed by atoms with E-state index in [0.717, 1.165) is 6.42 Å². The summed E-state index contributed by atoms with van der Waals surface area (Å²) < 4.78 is 26.5. The zero-order valence-corrected chi connectivity index (χ0v) is 12.4. The smallest absolute Gasteiger partial charge is 0.240 e. The third-order valence-electron chi connectivity index (χ3n) is 2.52. The molecule has 0 amide bonds. The van der Waals surface area contributed by atoms with E-state index in [4.69, 9.17) is 11.0 Å². The van der Waals surface area contributed by atoms with Gasteiger partial charge in [-0.25, -0.2) is 13.1 Å². The predicted molar refractivity (Wildman–Crippen MR) is 76.6 cm³/mol. The van der Waals surface area contributed by atoms with Gasteiger partial charge in [-0.3, -0.25) is 0 Å². The lowest BCUT2D eigenvalue weighted by Gasteiger charge is -2.09. The molecule has 0 bridgehead atoms. The van der Waals surface area contributed by atoms with Crippen LogP contribution in [0.5, 0.6) is 0 Å². The fourth-order valence-corrected chi connectivity index (χ4v) is 2.87. The molecule has 0 aliphatic rings. The topological polar surface area (TPSA) is 96.0 Å². The maximum absolute atomic E-state index is 12.0. The number of nitrogens with zero attached hydrogens (tertiary/aromatic N) is 1. The molecule has 3 N–H and O–H groups in total. The van der Waals surface area contributed by atoms with Crippen molar-refractivity contribution in [3.05, 3.63) is 29.3 Å². The first kappa shape index (κ1) is 17.9. The van der Waals surface area contributed by atoms with Crippen molar-refractivity contribution in [3.8, 4) is 6.07 Å². The highest BCUT2D eigenvalue weighted by atomic mass is 35.5. The zero-order valence-electron chi connectivity index (χ0n) is 10.7. The van der Waals surface area contributed by atoms with Crippen LogP contribution in [-0.4, -0.2) is 21.5 Å². The molecule has 0 aliphatic carbocycles.